The average molecular weight is 310 g/mol. The third-order valence-corrected chi connectivity index (χ3v) is 3.58. The van der Waals surface area contributed by atoms with Gasteiger partial charge in [-0.3, -0.25) is 4.68 Å². The number of methoxy groups -OCH3 is 1. The molecule has 0 radical (unpaired) electrons. The number of rotatable bonds is 4. The highest BCUT2D eigenvalue weighted by Gasteiger charge is 2.12. The van der Waals surface area contributed by atoms with Gasteiger partial charge in [-0.2, -0.15) is 5.10 Å². The fourth-order valence-electron chi connectivity index (χ4n) is 1.81. The second-order valence-corrected chi connectivity index (χ2v) is 5.04. The molecule has 0 amide bonds. The van der Waals surface area contributed by atoms with Gasteiger partial charge in [0.1, 0.15) is 5.75 Å². The van der Waals surface area contributed by atoms with Gasteiger partial charge in [0.05, 0.1) is 18.8 Å². The quantitative estimate of drug-likeness (QED) is 0.943. The zero-order chi connectivity index (χ0) is 13.1. The van der Waals surface area contributed by atoms with Crippen LogP contribution in [0.25, 0.3) is 0 Å². The lowest BCUT2D eigenvalue weighted by molar-refractivity contribution is 0.414. The first-order chi connectivity index (χ1) is 8.60. The Morgan fingerprint density at radius 3 is 2.83 bits per heavy atom. The van der Waals surface area contributed by atoms with Crippen molar-refractivity contribution in [1.29, 1.82) is 0 Å². The van der Waals surface area contributed by atoms with Crippen LogP contribution in [-0.2, 0) is 13.5 Å². The Hall–Kier alpha value is -1.33. The first-order valence-electron chi connectivity index (χ1n) is 5.67. The van der Waals surface area contributed by atoms with Gasteiger partial charge in [-0.05, 0) is 36.2 Å². The van der Waals surface area contributed by atoms with Crippen LogP contribution < -0.4 is 10.5 Å². The Morgan fingerprint density at radius 2 is 2.22 bits per heavy atom. The number of hydrogen-bond donors (Lipinski definition) is 1. The number of hydrogen-bond acceptors (Lipinski definition) is 3. The molecule has 0 saturated heterocycles. The van der Waals surface area contributed by atoms with Gasteiger partial charge in [-0.25, -0.2) is 0 Å². The molecular formula is C13H16BrN3O. The molecule has 1 heterocycles. The standard InChI is InChI=1S/C13H16BrN3O/c1-17-6-5-13(16-17)12(15)8-9-7-10(18-2)3-4-11(9)14/h3-7,12H,8,15H2,1-2H3. The van der Waals surface area contributed by atoms with E-state index < -0.39 is 0 Å². The highest BCUT2D eigenvalue weighted by atomic mass is 79.9. The van der Waals surface area contributed by atoms with Crippen molar-refractivity contribution in [2.24, 2.45) is 12.8 Å². The highest BCUT2D eigenvalue weighted by Crippen LogP contribution is 2.26. The van der Waals surface area contributed by atoms with E-state index in [-0.39, 0.29) is 6.04 Å². The minimum atomic E-state index is -0.116. The predicted octanol–water partition coefficient (Wildman–Crippen LogP) is 2.43. The van der Waals surface area contributed by atoms with Gasteiger partial charge in [0.2, 0.25) is 0 Å². The lowest BCUT2D eigenvalue weighted by atomic mass is 10.0. The van der Waals surface area contributed by atoms with E-state index in [0.717, 1.165) is 27.9 Å². The first-order valence-corrected chi connectivity index (χ1v) is 6.47. The van der Waals surface area contributed by atoms with Crippen molar-refractivity contribution in [2.75, 3.05) is 7.11 Å². The van der Waals surface area contributed by atoms with Crippen molar-refractivity contribution in [3.63, 3.8) is 0 Å². The molecule has 2 N–H and O–H groups in total. The van der Waals surface area contributed by atoms with Crippen molar-refractivity contribution < 1.29 is 4.74 Å². The van der Waals surface area contributed by atoms with Crippen LogP contribution in [0.5, 0.6) is 5.75 Å². The molecule has 1 aromatic heterocycles. The van der Waals surface area contributed by atoms with E-state index in [4.69, 9.17) is 10.5 Å². The van der Waals surface area contributed by atoms with Crippen molar-refractivity contribution in [3.8, 4) is 5.75 Å². The molecule has 0 fully saturated rings. The number of aromatic nitrogens is 2. The van der Waals surface area contributed by atoms with Gasteiger partial charge in [-0.1, -0.05) is 15.9 Å². The summed E-state index contributed by atoms with van der Waals surface area (Å²) in [6, 6.07) is 7.71. The normalized spacial score (nSPS) is 12.4. The fourth-order valence-corrected chi connectivity index (χ4v) is 2.22. The third kappa shape index (κ3) is 2.91. The molecule has 0 aliphatic carbocycles. The van der Waals surface area contributed by atoms with Crippen molar-refractivity contribution in [2.45, 2.75) is 12.5 Å². The lowest BCUT2D eigenvalue weighted by Gasteiger charge is -2.12. The second kappa shape index (κ2) is 5.54. The molecule has 2 aromatic rings. The summed E-state index contributed by atoms with van der Waals surface area (Å²) in [5, 5.41) is 4.32. The maximum atomic E-state index is 6.16. The molecule has 0 bridgehead atoms. The average Bonchev–Trinajstić information content (AvgIpc) is 2.79. The molecule has 1 unspecified atom stereocenters. The maximum Gasteiger partial charge on any atom is 0.119 e. The molecule has 5 heteroatoms. The van der Waals surface area contributed by atoms with E-state index in [2.05, 4.69) is 21.0 Å². The number of nitrogens with two attached hydrogens (primary N) is 1. The van der Waals surface area contributed by atoms with E-state index in [1.54, 1.807) is 11.8 Å². The molecule has 2 rings (SSSR count). The van der Waals surface area contributed by atoms with Gasteiger partial charge in [0, 0.05) is 17.7 Å². The van der Waals surface area contributed by atoms with Crippen LogP contribution >= 0.6 is 15.9 Å². The summed E-state index contributed by atoms with van der Waals surface area (Å²) in [7, 11) is 3.55. The van der Waals surface area contributed by atoms with Gasteiger partial charge >= 0.3 is 0 Å². The van der Waals surface area contributed by atoms with Crippen LogP contribution in [0.15, 0.2) is 34.9 Å². The Labute approximate surface area is 115 Å². The molecule has 1 atom stereocenters. The molecule has 0 aliphatic rings. The minimum Gasteiger partial charge on any atom is -0.497 e. The first kappa shape index (κ1) is 13.1. The summed E-state index contributed by atoms with van der Waals surface area (Å²) in [6.45, 7) is 0. The summed E-state index contributed by atoms with van der Waals surface area (Å²) in [5.41, 5.74) is 8.18. The SMILES string of the molecule is COc1ccc(Br)c(CC(N)c2ccn(C)n2)c1. The molecule has 0 saturated carbocycles. The monoisotopic (exact) mass is 309 g/mol. The number of aryl methyl sites for hydroxylation is 1. The zero-order valence-electron chi connectivity index (χ0n) is 10.4. The Morgan fingerprint density at radius 1 is 1.44 bits per heavy atom. The van der Waals surface area contributed by atoms with E-state index in [9.17, 15) is 0 Å². The number of halogens is 1. The Balaban J connectivity index is 2.18. The van der Waals surface area contributed by atoms with Crippen LogP contribution in [-0.4, -0.2) is 16.9 Å². The summed E-state index contributed by atoms with van der Waals surface area (Å²) in [4.78, 5) is 0. The summed E-state index contributed by atoms with van der Waals surface area (Å²) in [5.74, 6) is 0.835. The highest BCUT2D eigenvalue weighted by molar-refractivity contribution is 9.10. The third-order valence-electron chi connectivity index (χ3n) is 2.81. The fraction of sp³-hybridized carbons (Fsp3) is 0.308. The summed E-state index contributed by atoms with van der Waals surface area (Å²) in [6.07, 6.45) is 2.62. The zero-order valence-corrected chi connectivity index (χ0v) is 12.0. The largest absolute Gasteiger partial charge is 0.497 e. The van der Waals surface area contributed by atoms with Crippen molar-refractivity contribution in [3.05, 3.63) is 46.2 Å². The second-order valence-electron chi connectivity index (χ2n) is 4.18. The molecule has 18 heavy (non-hydrogen) atoms. The van der Waals surface area contributed by atoms with Crippen LogP contribution in [0.1, 0.15) is 17.3 Å². The van der Waals surface area contributed by atoms with Gasteiger partial charge < -0.3 is 10.5 Å². The Bertz CT molecular complexity index is 539. The molecule has 1 aromatic carbocycles. The van der Waals surface area contributed by atoms with E-state index in [1.165, 1.54) is 0 Å². The van der Waals surface area contributed by atoms with Crippen LogP contribution in [0.4, 0.5) is 0 Å². The van der Waals surface area contributed by atoms with Gasteiger partial charge in [-0.15, -0.1) is 0 Å². The van der Waals surface area contributed by atoms with Crippen LogP contribution in [0, 0.1) is 0 Å². The Kier molecular flexibility index (Phi) is 4.04. The molecule has 0 aliphatic heterocycles. The number of ether oxygens (including phenoxy) is 1. The lowest BCUT2D eigenvalue weighted by Crippen LogP contribution is -2.14. The van der Waals surface area contributed by atoms with Crippen LogP contribution in [0.3, 0.4) is 0 Å². The summed E-state index contributed by atoms with van der Waals surface area (Å²) < 4.78 is 8.02. The minimum absolute atomic E-state index is 0.116. The molecular weight excluding hydrogens is 294 g/mol. The number of nitrogens with zero attached hydrogens (tertiary/aromatic N) is 2. The van der Waals surface area contributed by atoms with Gasteiger partial charge in [0.25, 0.3) is 0 Å². The summed E-state index contributed by atoms with van der Waals surface area (Å²) >= 11 is 3.53. The van der Waals surface area contributed by atoms with E-state index in [0.29, 0.717) is 0 Å². The molecule has 0 spiro atoms. The maximum absolute atomic E-state index is 6.16. The van der Waals surface area contributed by atoms with Crippen molar-refractivity contribution in [1.82, 2.24) is 9.78 Å². The number of benzene rings is 1. The molecule has 4 nitrogen and oxygen atoms in total. The van der Waals surface area contributed by atoms with Crippen molar-refractivity contribution >= 4 is 15.9 Å². The predicted molar refractivity (Wildman–Crippen MR) is 74.5 cm³/mol. The van der Waals surface area contributed by atoms with Crippen LogP contribution in [0.2, 0.25) is 0 Å². The molecule has 96 valence electrons. The van der Waals surface area contributed by atoms with E-state index >= 15 is 0 Å². The topological polar surface area (TPSA) is 53.1 Å². The van der Waals surface area contributed by atoms with Gasteiger partial charge in [0.15, 0.2) is 0 Å². The smallest absolute Gasteiger partial charge is 0.119 e. The van der Waals surface area contributed by atoms with E-state index in [1.807, 2.05) is 37.5 Å².